The van der Waals surface area contributed by atoms with Crippen molar-refractivity contribution in [2.75, 3.05) is 37.0 Å². The fourth-order valence-electron chi connectivity index (χ4n) is 3.70. The number of benzene rings is 2. The first-order valence-corrected chi connectivity index (χ1v) is 10.0. The summed E-state index contributed by atoms with van der Waals surface area (Å²) < 4.78 is 40.4. The van der Waals surface area contributed by atoms with Crippen LogP contribution >= 0.6 is 0 Å². The van der Waals surface area contributed by atoms with Gasteiger partial charge in [0.15, 0.2) is 0 Å². The number of urea groups is 1. The van der Waals surface area contributed by atoms with Crippen molar-refractivity contribution in [2.45, 2.75) is 12.6 Å². The molecule has 4 rings (SSSR count). The highest BCUT2D eigenvalue weighted by atomic mass is 19.4. The fourth-order valence-corrected chi connectivity index (χ4v) is 3.70. The molecule has 0 spiro atoms. The van der Waals surface area contributed by atoms with Crippen LogP contribution in [0.25, 0.3) is 0 Å². The summed E-state index contributed by atoms with van der Waals surface area (Å²) in [4.78, 5) is 30.7. The third-order valence-corrected chi connectivity index (χ3v) is 5.18. The minimum Gasteiger partial charge on any atom is -0.309 e. The lowest BCUT2D eigenvalue weighted by atomic mass is 10.1. The fraction of sp³-hybridized carbons (Fsp3) is 0.273. The van der Waals surface area contributed by atoms with Crippen LogP contribution in [-0.4, -0.2) is 49.0 Å². The van der Waals surface area contributed by atoms with Gasteiger partial charge in [-0.25, -0.2) is 14.7 Å². The van der Waals surface area contributed by atoms with E-state index in [1.807, 2.05) is 19.0 Å². The van der Waals surface area contributed by atoms with Crippen molar-refractivity contribution >= 4 is 29.0 Å². The van der Waals surface area contributed by atoms with Crippen molar-refractivity contribution in [2.24, 2.45) is 0 Å². The van der Waals surface area contributed by atoms with E-state index in [0.29, 0.717) is 18.7 Å². The minimum absolute atomic E-state index is 0.0208. The lowest BCUT2D eigenvalue weighted by Gasteiger charge is -2.26. The molecule has 2 heterocycles. The maximum atomic E-state index is 13.5. The molecule has 1 saturated heterocycles. The number of hydrogen-bond acceptors (Lipinski definition) is 4. The summed E-state index contributed by atoms with van der Waals surface area (Å²) in [5.41, 5.74) is 2.58. The number of amides is 3. The van der Waals surface area contributed by atoms with E-state index in [0.717, 1.165) is 18.7 Å². The van der Waals surface area contributed by atoms with E-state index in [9.17, 15) is 22.8 Å². The first-order chi connectivity index (χ1) is 15.2. The molecular formula is C22H22F3N5O2. The molecule has 0 aliphatic carbocycles. The second-order valence-corrected chi connectivity index (χ2v) is 7.78. The average molecular weight is 445 g/mol. The molecule has 0 atom stereocenters. The molecule has 2 aliphatic rings. The SMILES string of the molecule is CN(C)CCCN1NC2=CC(=O)N(c3ccccc3)c3cc(C(F)(F)F)ccc3N2C1=O. The number of halogens is 3. The number of anilines is 3. The Morgan fingerprint density at radius 3 is 2.34 bits per heavy atom. The van der Waals surface area contributed by atoms with Crippen LogP contribution in [0.5, 0.6) is 0 Å². The quantitative estimate of drug-likeness (QED) is 0.758. The summed E-state index contributed by atoms with van der Waals surface area (Å²) in [5, 5.41) is 1.36. The monoisotopic (exact) mass is 445 g/mol. The van der Waals surface area contributed by atoms with Crippen molar-refractivity contribution < 1.29 is 22.8 Å². The van der Waals surface area contributed by atoms with Crippen LogP contribution in [0.4, 0.5) is 35.0 Å². The molecule has 0 bridgehead atoms. The maximum absolute atomic E-state index is 13.5. The highest BCUT2D eigenvalue weighted by molar-refractivity contribution is 6.15. The molecule has 7 nitrogen and oxygen atoms in total. The van der Waals surface area contributed by atoms with E-state index in [1.54, 1.807) is 30.3 Å². The van der Waals surface area contributed by atoms with Gasteiger partial charge >= 0.3 is 12.2 Å². The minimum atomic E-state index is -4.60. The summed E-state index contributed by atoms with van der Waals surface area (Å²) in [7, 11) is 3.83. The number of para-hydroxylation sites is 1. The third-order valence-electron chi connectivity index (χ3n) is 5.18. The molecule has 32 heavy (non-hydrogen) atoms. The zero-order chi connectivity index (χ0) is 23.0. The maximum Gasteiger partial charge on any atom is 0.416 e. The third kappa shape index (κ3) is 4.01. The van der Waals surface area contributed by atoms with Gasteiger partial charge in [0, 0.05) is 18.3 Å². The van der Waals surface area contributed by atoms with Crippen molar-refractivity contribution in [3.8, 4) is 0 Å². The van der Waals surface area contributed by atoms with E-state index in [-0.39, 0.29) is 17.2 Å². The highest BCUT2D eigenvalue weighted by Gasteiger charge is 2.41. The Balaban J connectivity index is 1.80. The van der Waals surface area contributed by atoms with Crippen LogP contribution in [0, 0.1) is 0 Å². The van der Waals surface area contributed by atoms with Gasteiger partial charge in [-0.3, -0.25) is 15.1 Å². The van der Waals surface area contributed by atoms with Crippen LogP contribution in [-0.2, 0) is 11.0 Å². The first-order valence-electron chi connectivity index (χ1n) is 10.0. The Labute approximate surface area is 183 Å². The molecule has 0 unspecified atom stereocenters. The van der Waals surface area contributed by atoms with Crippen LogP contribution in [0.3, 0.4) is 0 Å². The second kappa shape index (κ2) is 8.19. The van der Waals surface area contributed by atoms with Gasteiger partial charge in [0.25, 0.3) is 5.91 Å². The van der Waals surface area contributed by atoms with Gasteiger partial charge in [0.2, 0.25) is 0 Å². The van der Waals surface area contributed by atoms with Crippen LogP contribution in [0.2, 0.25) is 0 Å². The molecular weight excluding hydrogens is 423 g/mol. The summed E-state index contributed by atoms with van der Waals surface area (Å²) >= 11 is 0. The number of carbonyl (C=O) groups is 2. The zero-order valence-corrected chi connectivity index (χ0v) is 17.6. The number of nitrogens with zero attached hydrogens (tertiary/aromatic N) is 4. The standard InChI is InChI=1S/C22H22F3N5O2/c1-27(2)11-6-12-28-21(32)30-17-10-9-15(22(23,24)25)13-18(17)29(16-7-4-3-5-8-16)20(31)14-19(30)26-28/h3-5,7-10,13-14,26H,6,11-12H2,1-2H3. The van der Waals surface area contributed by atoms with E-state index in [4.69, 9.17) is 0 Å². The van der Waals surface area contributed by atoms with E-state index >= 15 is 0 Å². The number of hydrazine groups is 1. The summed E-state index contributed by atoms with van der Waals surface area (Å²) in [6.45, 7) is 1.12. The smallest absolute Gasteiger partial charge is 0.309 e. The van der Waals surface area contributed by atoms with Crippen LogP contribution in [0.15, 0.2) is 60.4 Å². The molecule has 0 radical (unpaired) electrons. The van der Waals surface area contributed by atoms with Gasteiger partial charge in [-0.2, -0.15) is 13.2 Å². The van der Waals surface area contributed by atoms with Crippen molar-refractivity contribution in [3.63, 3.8) is 0 Å². The Bertz CT molecular complexity index is 1070. The molecule has 1 N–H and O–H groups in total. The second-order valence-electron chi connectivity index (χ2n) is 7.78. The predicted octanol–water partition coefficient (Wildman–Crippen LogP) is 3.92. The first kappa shape index (κ1) is 21.7. The van der Waals surface area contributed by atoms with E-state index in [1.165, 1.54) is 27.0 Å². The predicted molar refractivity (Wildman–Crippen MR) is 114 cm³/mol. The van der Waals surface area contributed by atoms with Gasteiger partial charge in [0.1, 0.15) is 5.82 Å². The Morgan fingerprint density at radius 1 is 0.969 bits per heavy atom. The molecule has 2 aromatic rings. The lowest BCUT2D eigenvalue weighted by molar-refractivity contribution is -0.137. The Hall–Kier alpha value is -3.53. The molecule has 2 aromatic carbocycles. The number of carbonyl (C=O) groups excluding carboxylic acids is 2. The number of nitrogens with one attached hydrogen (secondary N) is 1. The Morgan fingerprint density at radius 2 is 1.69 bits per heavy atom. The van der Waals surface area contributed by atoms with Crippen LogP contribution < -0.4 is 15.2 Å². The molecule has 0 saturated carbocycles. The number of fused-ring (bicyclic) bond motifs is 3. The molecule has 0 aromatic heterocycles. The van der Waals surface area contributed by atoms with Crippen molar-refractivity contribution in [1.82, 2.24) is 15.3 Å². The van der Waals surface area contributed by atoms with Crippen molar-refractivity contribution in [1.29, 1.82) is 0 Å². The number of rotatable bonds is 5. The summed E-state index contributed by atoms with van der Waals surface area (Å²) in [6, 6.07) is 10.9. The van der Waals surface area contributed by atoms with E-state index in [2.05, 4.69) is 5.43 Å². The normalized spacial score (nSPS) is 16.1. The van der Waals surface area contributed by atoms with Gasteiger partial charge < -0.3 is 4.90 Å². The lowest BCUT2D eigenvalue weighted by Crippen LogP contribution is -2.37. The largest absolute Gasteiger partial charge is 0.416 e. The van der Waals surface area contributed by atoms with Gasteiger partial charge in [-0.05, 0) is 57.4 Å². The molecule has 168 valence electrons. The Kier molecular flexibility index (Phi) is 5.55. The van der Waals surface area contributed by atoms with E-state index < -0.39 is 23.7 Å². The van der Waals surface area contributed by atoms with Gasteiger partial charge in [-0.15, -0.1) is 0 Å². The van der Waals surface area contributed by atoms with Crippen molar-refractivity contribution in [3.05, 3.63) is 66.0 Å². The number of alkyl halides is 3. The zero-order valence-electron chi connectivity index (χ0n) is 17.6. The molecule has 2 aliphatic heterocycles. The molecule has 1 fully saturated rings. The molecule has 3 amide bonds. The highest BCUT2D eigenvalue weighted by Crippen LogP contribution is 2.43. The number of hydrogen-bond donors (Lipinski definition) is 1. The van der Waals surface area contributed by atoms with Gasteiger partial charge in [-0.1, -0.05) is 18.2 Å². The average Bonchev–Trinajstić information content (AvgIpc) is 2.96. The summed E-state index contributed by atoms with van der Waals surface area (Å²) in [5.74, 6) is -0.367. The van der Waals surface area contributed by atoms with Crippen LogP contribution in [0.1, 0.15) is 12.0 Å². The topological polar surface area (TPSA) is 59.1 Å². The summed E-state index contributed by atoms with van der Waals surface area (Å²) in [6.07, 6.45) is -2.70. The van der Waals surface area contributed by atoms with Gasteiger partial charge in [0.05, 0.1) is 16.9 Å². The molecule has 10 heteroatoms.